The SMILES string of the molecule is C=CC[N+]1(CCOS(C)(=O)=O)CCCC1. The fourth-order valence-corrected chi connectivity index (χ4v) is 2.54. The average molecular weight is 234 g/mol. The Hall–Kier alpha value is -0.390. The van der Waals surface area contributed by atoms with Gasteiger partial charge >= 0.3 is 0 Å². The van der Waals surface area contributed by atoms with E-state index in [-0.39, 0.29) is 6.61 Å². The van der Waals surface area contributed by atoms with Crippen molar-refractivity contribution in [3.63, 3.8) is 0 Å². The Labute approximate surface area is 92.2 Å². The summed E-state index contributed by atoms with van der Waals surface area (Å²) >= 11 is 0. The van der Waals surface area contributed by atoms with Crippen molar-refractivity contribution in [2.24, 2.45) is 0 Å². The summed E-state index contributed by atoms with van der Waals surface area (Å²) in [6, 6.07) is 0. The van der Waals surface area contributed by atoms with Gasteiger partial charge in [-0.05, 0) is 6.08 Å². The maximum absolute atomic E-state index is 10.8. The van der Waals surface area contributed by atoms with Crippen molar-refractivity contribution in [3.8, 4) is 0 Å². The third-order valence-corrected chi connectivity index (χ3v) is 3.49. The van der Waals surface area contributed by atoms with Crippen LogP contribution in [0.5, 0.6) is 0 Å². The van der Waals surface area contributed by atoms with Crippen molar-refractivity contribution in [2.75, 3.05) is 39.0 Å². The summed E-state index contributed by atoms with van der Waals surface area (Å²) in [7, 11) is -3.29. The van der Waals surface area contributed by atoms with Gasteiger partial charge in [-0.3, -0.25) is 4.18 Å². The van der Waals surface area contributed by atoms with Crippen LogP contribution in [0.3, 0.4) is 0 Å². The normalized spacial score (nSPS) is 20.3. The number of rotatable bonds is 6. The molecule has 0 spiro atoms. The van der Waals surface area contributed by atoms with Gasteiger partial charge in [-0.15, -0.1) is 0 Å². The zero-order valence-corrected chi connectivity index (χ0v) is 10.1. The molecule has 0 saturated carbocycles. The van der Waals surface area contributed by atoms with Gasteiger partial charge in [0.2, 0.25) is 0 Å². The maximum atomic E-state index is 10.8. The highest BCUT2D eigenvalue weighted by Crippen LogP contribution is 2.19. The van der Waals surface area contributed by atoms with Crippen molar-refractivity contribution in [3.05, 3.63) is 12.7 Å². The average Bonchev–Trinajstić information content (AvgIpc) is 2.52. The molecule has 0 aromatic carbocycles. The topological polar surface area (TPSA) is 43.4 Å². The van der Waals surface area contributed by atoms with E-state index < -0.39 is 10.1 Å². The van der Waals surface area contributed by atoms with E-state index in [1.54, 1.807) is 0 Å². The van der Waals surface area contributed by atoms with E-state index >= 15 is 0 Å². The Bertz CT molecular complexity index is 305. The van der Waals surface area contributed by atoms with Gasteiger partial charge < -0.3 is 4.48 Å². The smallest absolute Gasteiger partial charge is 0.264 e. The molecular weight excluding hydrogens is 214 g/mol. The van der Waals surface area contributed by atoms with Crippen LogP contribution in [0.15, 0.2) is 12.7 Å². The number of nitrogens with zero attached hydrogens (tertiary/aromatic N) is 1. The standard InChI is InChI=1S/C10H20NO3S/c1-3-6-11(7-4-5-8-11)9-10-14-15(2,12)13/h3H,1,4-10H2,2H3/q+1. The molecule has 15 heavy (non-hydrogen) atoms. The predicted molar refractivity (Wildman–Crippen MR) is 60.0 cm³/mol. The lowest BCUT2D eigenvalue weighted by molar-refractivity contribution is -0.911. The molecule has 0 atom stereocenters. The van der Waals surface area contributed by atoms with Crippen LogP contribution in [0, 0.1) is 0 Å². The molecule has 0 bridgehead atoms. The third-order valence-electron chi connectivity index (χ3n) is 2.89. The molecule has 0 N–H and O–H groups in total. The first-order valence-electron chi connectivity index (χ1n) is 5.28. The van der Waals surface area contributed by atoms with E-state index in [1.807, 2.05) is 6.08 Å². The Morgan fingerprint density at radius 1 is 1.40 bits per heavy atom. The molecule has 0 aromatic heterocycles. The number of hydrogen-bond donors (Lipinski definition) is 0. The van der Waals surface area contributed by atoms with E-state index in [1.165, 1.54) is 12.8 Å². The molecule has 0 aromatic rings. The molecule has 0 radical (unpaired) electrons. The molecule has 0 amide bonds. The van der Waals surface area contributed by atoms with E-state index in [4.69, 9.17) is 4.18 Å². The second-order valence-corrected chi connectivity index (χ2v) is 5.86. The van der Waals surface area contributed by atoms with Gasteiger partial charge in [0.1, 0.15) is 13.2 Å². The van der Waals surface area contributed by atoms with Gasteiger partial charge in [0, 0.05) is 12.8 Å². The van der Waals surface area contributed by atoms with Gasteiger partial charge in [0.25, 0.3) is 10.1 Å². The zero-order valence-electron chi connectivity index (χ0n) is 9.31. The van der Waals surface area contributed by atoms with E-state index in [0.717, 1.165) is 36.9 Å². The Morgan fingerprint density at radius 2 is 2.00 bits per heavy atom. The molecule has 4 nitrogen and oxygen atoms in total. The first-order valence-corrected chi connectivity index (χ1v) is 7.09. The lowest BCUT2D eigenvalue weighted by Crippen LogP contribution is -2.47. The van der Waals surface area contributed by atoms with Crippen molar-refractivity contribution < 1.29 is 17.1 Å². The van der Waals surface area contributed by atoms with Crippen molar-refractivity contribution in [2.45, 2.75) is 12.8 Å². The van der Waals surface area contributed by atoms with Gasteiger partial charge in [0.05, 0.1) is 25.9 Å². The first-order chi connectivity index (χ1) is 6.97. The summed E-state index contributed by atoms with van der Waals surface area (Å²) < 4.78 is 27.4. The Morgan fingerprint density at radius 3 is 2.47 bits per heavy atom. The summed E-state index contributed by atoms with van der Waals surface area (Å²) in [5, 5.41) is 0. The van der Waals surface area contributed by atoms with Crippen LogP contribution in [-0.2, 0) is 14.3 Å². The summed E-state index contributed by atoms with van der Waals surface area (Å²) in [6.45, 7) is 7.93. The van der Waals surface area contributed by atoms with Crippen LogP contribution in [0.1, 0.15) is 12.8 Å². The molecule has 0 unspecified atom stereocenters. The van der Waals surface area contributed by atoms with Crippen LogP contribution < -0.4 is 0 Å². The zero-order chi connectivity index (χ0) is 11.4. The molecule has 88 valence electrons. The van der Waals surface area contributed by atoms with Crippen molar-refractivity contribution >= 4 is 10.1 Å². The molecule has 1 saturated heterocycles. The number of quaternary nitrogens is 1. The molecular formula is C10H20NO3S+. The minimum atomic E-state index is -3.29. The minimum Gasteiger partial charge on any atom is -0.318 e. The summed E-state index contributed by atoms with van der Waals surface area (Å²) in [6.07, 6.45) is 5.43. The van der Waals surface area contributed by atoms with Gasteiger partial charge in [-0.25, -0.2) is 0 Å². The summed E-state index contributed by atoms with van der Waals surface area (Å²) in [4.78, 5) is 0. The van der Waals surface area contributed by atoms with Crippen LogP contribution >= 0.6 is 0 Å². The van der Waals surface area contributed by atoms with Crippen molar-refractivity contribution in [1.29, 1.82) is 0 Å². The van der Waals surface area contributed by atoms with Gasteiger partial charge in [0.15, 0.2) is 0 Å². The molecule has 1 aliphatic rings. The third kappa shape index (κ3) is 4.32. The fourth-order valence-electron chi connectivity index (χ4n) is 2.16. The summed E-state index contributed by atoms with van der Waals surface area (Å²) in [5.74, 6) is 0. The van der Waals surface area contributed by atoms with Crippen LogP contribution in [0.4, 0.5) is 0 Å². The minimum absolute atomic E-state index is 0.284. The molecule has 1 aliphatic heterocycles. The summed E-state index contributed by atoms with van der Waals surface area (Å²) in [5.41, 5.74) is 0. The fraction of sp³-hybridized carbons (Fsp3) is 0.800. The highest BCUT2D eigenvalue weighted by Gasteiger charge is 2.30. The highest BCUT2D eigenvalue weighted by molar-refractivity contribution is 7.85. The van der Waals surface area contributed by atoms with Gasteiger partial charge in [-0.1, -0.05) is 6.58 Å². The molecule has 5 heteroatoms. The second kappa shape index (κ2) is 5.09. The predicted octanol–water partition coefficient (Wildman–Crippen LogP) is 0.759. The van der Waals surface area contributed by atoms with Crippen LogP contribution in [0.25, 0.3) is 0 Å². The van der Waals surface area contributed by atoms with Crippen molar-refractivity contribution in [1.82, 2.24) is 0 Å². The maximum Gasteiger partial charge on any atom is 0.264 e. The number of likely N-dealkylation sites (tertiary alicyclic amines) is 1. The van der Waals surface area contributed by atoms with Crippen LogP contribution in [-0.4, -0.2) is 51.9 Å². The second-order valence-electron chi connectivity index (χ2n) is 4.22. The van der Waals surface area contributed by atoms with E-state index in [9.17, 15) is 8.42 Å². The lowest BCUT2D eigenvalue weighted by Gasteiger charge is -2.32. The lowest BCUT2D eigenvalue weighted by atomic mass is 10.4. The van der Waals surface area contributed by atoms with E-state index in [0.29, 0.717) is 0 Å². The molecule has 1 fully saturated rings. The Balaban J connectivity index is 2.42. The van der Waals surface area contributed by atoms with Gasteiger partial charge in [-0.2, -0.15) is 8.42 Å². The highest BCUT2D eigenvalue weighted by atomic mass is 32.2. The number of hydrogen-bond acceptors (Lipinski definition) is 3. The Kier molecular flexibility index (Phi) is 4.31. The molecule has 0 aliphatic carbocycles. The van der Waals surface area contributed by atoms with E-state index in [2.05, 4.69) is 6.58 Å². The first kappa shape index (κ1) is 12.7. The molecule has 1 rings (SSSR count). The largest absolute Gasteiger partial charge is 0.318 e. The van der Waals surface area contributed by atoms with Crippen LogP contribution in [0.2, 0.25) is 0 Å². The molecule has 1 heterocycles. The monoisotopic (exact) mass is 234 g/mol. The quantitative estimate of drug-likeness (QED) is 0.387.